The van der Waals surface area contributed by atoms with E-state index in [9.17, 15) is 10.5 Å². The van der Waals surface area contributed by atoms with E-state index in [0.29, 0.717) is 11.1 Å². The van der Waals surface area contributed by atoms with E-state index < -0.39 is 0 Å². The number of hydrogen-bond acceptors (Lipinski definition) is 2. The molecule has 0 amide bonds. The molecule has 0 saturated carbocycles. The second-order valence-corrected chi connectivity index (χ2v) is 14.0. The van der Waals surface area contributed by atoms with Crippen molar-refractivity contribution < 1.29 is 0 Å². The smallest absolute Gasteiger partial charge is 0.0998 e. The number of benzene rings is 8. The van der Waals surface area contributed by atoms with Gasteiger partial charge in [0.25, 0.3) is 0 Å². The van der Waals surface area contributed by atoms with Crippen molar-refractivity contribution in [3.05, 3.63) is 187 Å². The number of rotatable bonds is 4. The Balaban J connectivity index is 1.18. The van der Waals surface area contributed by atoms with Gasteiger partial charge in [0.15, 0.2) is 0 Å². The maximum atomic E-state index is 10.2. The monoisotopic (exact) mass is 699 g/mol. The normalized spacial score (nSPS) is 11.6. The summed E-state index contributed by atoms with van der Waals surface area (Å²) in [6.07, 6.45) is 0. The van der Waals surface area contributed by atoms with Crippen molar-refractivity contribution in [2.75, 3.05) is 0 Å². The Morgan fingerprint density at radius 1 is 0.364 bits per heavy atom. The van der Waals surface area contributed by atoms with Gasteiger partial charge in [-0.15, -0.1) is 0 Å². The van der Waals surface area contributed by atoms with Crippen LogP contribution in [0.5, 0.6) is 0 Å². The van der Waals surface area contributed by atoms with Crippen molar-refractivity contribution in [2.24, 2.45) is 0 Å². The molecule has 0 bridgehead atoms. The predicted octanol–water partition coefficient (Wildman–Crippen LogP) is 12.4. The quantitative estimate of drug-likeness (QED) is 0.184. The molecule has 0 aliphatic heterocycles. The summed E-state index contributed by atoms with van der Waals surface area (Å²) in [6.45, 7) is 0. The molecule has 0 unspecified atom stereocenters. The molecule has 0 fully saturated rings. The SMILES string of the molecule is N#Cc1ccc(-c2cccc(-n3c4ccccc4c4c(C#N)cccc43)c2)c(-n2c3ccccc3c3ccc(-n4c5ccccc5c5ccccc54)cc32)c1. The lowest BCUT2D eigenvalue weighted by molar-refractivity contribution is 1.15. The summed E-state index contributed by atoms with van der Waals surface area (Å²) in [5.41, 5.74) is 12.7. The van der Waals surface area contributed by atoms with Gasteiger partial charge in [0.2, 0.25) is 0 Å². The third kappa shape index (κ3) is 4.45. The molecule has 11 aromatic rings. The summed E-state index contributed by atoms with van der Waals surface area (Å²) >= 11 is 0. The number of nitriles is 2. The van der Waals surface area contributed by atoms with Crippen LogP contribution in [0.3, 0.4) is 0 Å². The molecule has 3 heterocycles. The summed E-state index contributed by atoms with van der Waals surface area (Å²) in [6, 6.07) is 66.0. The zero-order valence-electron chi connectivity index (χ0n) is 29.5. The fourth-order valence-electron chi connectivity index (χ4n) is 8.79. The lowest BCUT2D eigenvalue weighted by atomic mass is 10.0. The summed E-state index contributed by atoms with van der Waals surface area (Å²) in [7, 11) is 0. The molecule has 0 radical (unpaired) electrons. The van der Waals surface area contributed by atoms with E-state index in [1.807, 2.05) is 36.4 Å². The first-order chi connectivity index (χ1) is 27.2. The van der Waals surface area contributed by atoms with Gasteiger partial charge in [-0.25, -0.2) is 0 Å². The highest BCUT2D eigenvalue weighted by Crippen LogP contribution is 2.40. The summed E-state index contributed by atoms with van der Waals surface area (Å²) < 4.78 is 6.92. The molecule has 0 aliphatic carbocycles. The average Bonchev–Trinajstić information content (AvgIpc) is 3.89. The van der Waals surface area contributed by atoms with E-state index in [1.165, 1.54) is 10.8 Å². The molecule has 0 aliphatic rings. The van der Waals surface area contributed by atoms with E-state index in [1.54, 1.807) is 0 Å². The third-order valence-electron chi connectivity index (χ3n) is 11.1. The zero-order valence-corrected chi connectivity index (χ0v) is 29.5. The summed E-state index contributed by atoms with van der Waals surface area (Å²) in [5, 5.41) is 27.0. The van der Waals surface area contributed by atoms with Crippen LogP contribution in [0, 0.1) is 22.7 Å². The molecule has 0 N–H and O–H groups in total. The van der Waals surface area contributed by atoms with Gasteiger partial charge < -0.3 is 13.7 Å². The Bertz CT molecular complexity index is 3420. The fourth-order valence-corrected chi connectivity index (χ4v) is 8.79. The third-order valence-corrected chi connectivity index (χ3v) is 11.1. The molecule has 5 heteroatoms. The van der Waals surface area contributed by atoms with Crippen LogP contribution in [0.1, 0.15) is 11.1 Å². The number of hydrogen-bond donors (Lipinski definition) is 0. The fraction of sp³-hybridized carbons (Fsp3) is 0. The maximum absolute atomic E-state index is 10.2. The maximum Gasteiger partial charge on any atom is 0.0998 e. The number of fused-ring (bicyclic) bond motifs is 9. The standard InChI is InChI=1S/C50H29N5/c51-30-32-23-25-37(33-11-9-13-35(28-33)54-46-21-8-4-17-42(46)50-34(31-52)12-10-22-47(50)54)48(27-32)55-45-20-7-3-16-40(45)41-26-24-36(29-49(41)55)53-43-18-5-1-14-38(43)39-15-2-6-19-44(39)53/h1-29H. The molecular weight excluding hydrogens is 671 g/mol. The van der Waals surface area contributed by atoms with E-state index in [2.05, 4.69) is 165 Å². The van der Waals surface area contributed by atoms with E-state index in [-0.39, 0.29) is 0 Å². The molecule has 0 spiro atoms. The van der Waals surface area contributed by atoms with Crippen LogP contribution in [-0.2, 0) is 0 Å². The lowest BCUT2D eigenvalue weighted by Crippen LogP contribution is -2.00. The van der Waals surface area contributed by atoms with E-state index >= 15 is 0 Å². The molecule has 0 saturated heterocycles. The highest BCUT2D eigenvalue weighted by Gasteiger charge is 2.20. The molecule has 5 nitrogen and oxygen atoms in total. The minimum atomic E-state index is 0.589. The molecule has 8 aromatic carbocycles. The van der Waals surface area contributed by atoms with Crippen molar-refractivity contribution >= 4 is 65.4 Å². The highest BCUT2D eigenvalue weighted by atomic mass is 15.0. The van der Waals surface area contributed by atoms with E-state index in [4.69, 9.17) is 0 Å². The van der Waals surface area contributed by atoms with Crippen molar-refractivity contribution in [3.63, 3.8) is 0 Å². The van der Waals surface area contributed by atoms with Crippen molar-refractivity contribution in [3.8, 4) is 40.3 Å². The van der Waals surface area contributed by atoms with Crippen molar-refractivity contribution in [1.82, 2.24) is 13.7 Å². The molecule has 254 valence electrons. The van der Waals surface area contributed by atoms with Gasteiger partial charge in [-0.3, -0.25) is 0 Å². The first-order valence-electron chi connectivity index (χ1n) is 18.3. The second kappa shape index (κ2) is 11.8. The first-order valence-corrected chi connectivity index (χ1v) is 18.3. The average molecular weight is 700 g/mol. The van der Waals surface area contributed by atoms with Gasteiger partial charge in [-0.05, 0) is 78.4 Å². The molecular formula is C50H29N5. The molecule has 0 atom stereocenters. The minimum Gasteiger partial charge on any atom is -0.309 e. The number of aromatic nitrogens is 3. The minimum absolute atomic E-state index is 0.589. The van der Waals surface area contributed by atoms with E-state index in [0.717, 1.165) is 82.8 Å². The van der Waals surface area contributed by atoms with Crippen LogP contribution < -0.4 is 0 Å². The largest absolute Gasteiger partial charge is 0.309 e. The van der Waals surface area contributed by atoms with Gasteiger partial charge in [-0.1, -0.05) is 103 Å². The Morgan fingerprint density at radius 3 is 1.58 bits per heavy atom. The van der Waals surface area contributed by atoms with Crippen LogP contribution in [0.2, 0.25) is 0 Å². The van der Waals surface area contributed by atoms with Crippen molar-refractivity contribution in [1.29, 1.82) is 10.5 Å². The van der Waals surface area contributed by atoms with Crippen LogP contribution in [0.25, 0.3) is 93.6 Å². The van der Waals surface area contributed by atoms with Crippen LogP contribution in [0.15, 0.2) is 176 Å². The Hall–Kier alpha value is -7.86. The lowest BCUT2D eigenvalue weighted by Gasteiger charge is -2.17. The topological polar surface area (TPSA) is 62.4 Å². The first kappa shape index (κ1) is 30.7. The number of para-hydroxylation sites is 4. The Labute approximate surface area is 316 Å². The van der Waals surface area contributed by atoms with Gasteiger partial charge in [0.1, 0.15) is 0 Å². The van der Waals surface area contributed by atoms with Gasteiger partial charge in [-0.2, -0.15) is 10.5 Å². The van der Waals surface area contributed by atoms with Crippen LogP contribution in [0.4, 0.5) is 0 Å². The van der Waals surface area contributed by atoms with Gasteiger partial charge in [0, 0.05) is 49.3 Å². The van der Waals surface area contributed by atoms with Crippen LogP contribution in [-0.4, -0.2) is 13.7 Å². The second-order valence-electron chi connectivity index (χ2n) is 14.0. The zero-order chi connectivity index (χ0) is 36.6. The Morgan fingerprint density at radius 2 is 0.909 bits per heavy atom. The van der Waals surface area contributed by atoms with Gasteiger partial charge >= 0.3 is 0 Å². The summed E-state index contributed by atoms with van der Waals surface area (Å²) in [5.74, 6) is 0. The van der Waals surface area contributed by atoms with Crippen LogP contribution >= 0.6 is 0 Å². The molecule has 55 heavy (non-hydrogen) atoms. The highest BCUT2D eigenvalue weighted by molar-refractivity contribution is 6.13. The van der Waals surface area contributed by atoms with Crippen molar-refractivity contribution in [2.45, 2.75) is 0 Å². The van der Waals surface area contributed by atoms with Gasteiger partial charge in [0.05, 0.1) is 62.1 Å². The Kier molecular flexibility index (Phi) is 6.61. The molecule has 11 rings (SSSR count). The summed E-state index contributed by atoms with van der Waals surface area (Å²) in [4.78, 5) is 0. The predicted molar refractivity (Wildman–Crippen MR) is 224 cm³/mol. The number of nitrogens with zero attached hydrogens (tertiary/aromatic N) is 5. The molecule has 3 aromatic heterocycles.